The first-order valence-corrected chi connectivity index (χ1v) is 12.3. The van der Waals surface area contributed by atoms with Crippen molar-refractivity contribution in [2.24, 2.45) is 5.92 Å². The summed E-state index contributed by atoms with van der Waals surface area (Å²) in [7, 11) is 0. The number of carbonyl (C=O) groups is 2. The van der Waals surface area contributed by atoms with Crippen LogP contribution in [0.2, 0.25) is 0 Å². The molecule has 1 unspecified atom stereocenters. The highest BCUT2D eigenvalue weighted by atomic mass is 32.1. The van der Waals surface area contributed by atoms with Gasteiger partial charge >= 0.3 is 0 Å². The fourth-order valence-corrected chi connectivity index (χ4v) is 5.10. The molecule has 2 aromatic carbocycles. The molecule has 0 fully saturated rings. The average molecular weight is 494 g/mol. The quantitative estimate of drug-likeness (QED) is 0.445. The third-order valence-electron chi connectivity index (χ3n) is 6.04. The van der Waals surface area contributed by atoms with Gasteiger partial charge in [-0.25, -0.2) is 4.98 Å². The first kappa shape index (κ1) is 23.3. The number of nitrogens with zero attached hydrogens (tertiary/aromatic N) is 3. The van der Waals surface area contributed by atoms with Crippen molar-refractivity contribution in [3.63, 3.8) is 0 Å². The number of thiazole rings is 1. The lowest BCUT2D eigenvalue weighted by atomic mass is 9.98. The van der Waals surface area contributed by atoms with E-state index in [1.165, 1.54) is 11.3 Å². The number of para-hydroxylation sites is 1. The highest BCUT2D eigenvalue weighted by molar-refractivity contribution is 7.12. The van der Waals surface area contributed by atoms with E-state index in [1.54, 1.807) is 30.5 Å². The number of amides is 2. The SMILES string of the molecule is C=CCN1c2ccc(C(=O)NCc3cnc(C4=CCC(C#N)C=C4)s3)cc2NC(=O)c2ccccc21. The van der Waals surface area contributed by atoms with E-state index >= 15 is 0 Å². The van der Waals surface area contributed by atoms with Gasteiger partial charge in [0, 0.05) is 28.8 Å². The van der Waals surface area contributed by atoms with Crippen LogP contribution >= 0.6 is 11.3 Å². The molecule has 0 bridgehead atoms. The third kappa shape index (κ3) is 4.57. The zero-order valence-electron chi connectivity index (χ0n) is 19.4. The standard InChI is InChI=1S/C28H23N5O2S/c1-2-13-33-24-6-4-3-5-22(24)27(35)32-23-14-20(11-12-25(23)33)26(34)30-16-21-17-31-28(36-21)19-9-7-18(15-29)8-10-19/h2-7,9-12,14,17-18H,1,8,13,16H2,(H,30,34)(H,32,35). The maximum Gasteiger partial charge on any atom is 0.257 e. The molecular formula is C28H23N5O2S. The average Bonchev–Trinajstić information content (AvgIpc) is 3.35. The van der Waals surface area contributed by atoms with Crippen LogP contribution in [0.15, 0.2) is 79.5 Å². The lowest BCUT2D eigenvalue weighted by Crippen LogP contribution is -2.23. The van der Waals surface area contributed by atoms with Gasteiger partial charge in [-0.15, -0.1) is 17.9 Å². The number of allylic oxidation sites excluding steroid dienone is 4. The lowest BCUT2D eigenvalue weighted by Gasteiger charge is -2.24. The smallest absolute Gasteiger partial charge is 0.257 e. The molecule has 2 aliphatic rings. The van der Waals surface area contributed by atoms with Crippen LogP contribution in [0, 0.1) is 17.2 Å². The Bertz CT molecular complexity index is 1460. The van der Waals surface area contributed by atoms with Crippen LogP contribution in [-0.4, -0.2) is 23.3 Å². The van der Waals surface area contributed by atoms with E-state index in [2.05, 4.69) is 28.3 Å². The number of anilines is 3. The van der Waals surface area contributed by atoms with Crippen molar-refractivity contribution >= 4 is 45.8 Å². The summed E-state index contributed by atoms with van der Waals surface area (Å²) in [6.45, 7) is 4.71. The van der Waals surface area contributed by atoms with Crippen LogP contribution < -0.4 is 15.5 Å². The summed E-state index contributed by atoms with van der Waals surface area (Å²) in [5.41, 5.74) is 4.16. The topological polar surface area (TPSA) is 98.1 Å². The fourth-order valence-electron chi connectivity index (χ4n) is 4.23. The molecule has 0 saturated carbocycles. The first-order valence-electron chi connectivity index (χ1n) is 11.5. The molecule has 36 heavy (non-hydrogen) atoms. The molecule has 1 aliphatic heterocycles. The predicted octanol–water partition coefficient (Wildman–Crippen LogP) is 5.45. The number of benzene rings is 2. The number of fused-ring (bicyclic) bond motifs is 2. The molecule has 1 aromatic heterocycles. The molecule has 2 heterocycles. The summed E-state index contributed by atoms with van der Waals surface area (Å²) in [5.74, 6) is -0.552. The van der Waals surface area contributed by atoms with E-state index < -0.39 is 0 Å². The summed E-state index contributed by atoms with van der Waals surface area (Å²) in [5, 5.41) is 15.8. The Balaban J connectivity index is 1.31. The molecule has 1 aliphatic carbocycles. The second-order valence-electron chi connectivity index (χ2n) is 8.41. The van der Waals surface area contributed by atoms with Gasteiger partial charge in [-0.05, 0) is 36.8 Å². The van der Waals surface area contributed by atoms with Crippen molar-refractivity contribution in [2.75, 3.05) is 16.8 Å². The molecule has 0 radical (unpaired) electrons. The molecule has 7 nitrogen and oxygen atoms in total. The number of nitriles is 1. The second kappa shape index (κ2) is 10.0. The van der Waals surface area contributed by atoms with Crippen LogP contribution in [0.25, 0.3) is 5.57 Å². The number of aromatic nitrogens is 1. The van der Waals surface area contributed by atoms with Crippen LogP contribution in [0.4, 0.5) is 17.1 Å². The van der Waals surface area contributed by atoms with Crippen LogP contribution in [0.5, 0.6) is 0 Å². The van der Waals surface area contributed by atoms with Gasteiger partial charge in [0.2, 0.25) is 0 Å². The zero-order chi connectivity index (χ0) is 25.1. The van der Waals surface area contributed by atoms with Crippen molar-refractivity contribution in [1.82, 2.24) is 10.3 Å². The van der Waals surface area contributed by atoms with Crippen molar-refractivity contribution in [3.05, 3.63) is 101 Å². The minimum Gasteiger partial charge on any atom is -0.347 e. The normalized spacial score (nSPS) is 16.1. The predicted molar refractivity (Wildman–Crippen MR) is 142 cm³/mol. The molecule has 0 spiro atoms. The molecule has 178 valence electrons. The number of carbonyl (C=O) groups excluding carboxylic acids is 2. The Morgan fingerprint density at radius 1 is 1.31 bits per heavy atom. The minimum absolute atomic E-state index is 0.0869. The molecule has 2 amide bonds. The van der Waals surface area contributed by atoms with Gasteiger partial charge in [0.25, 0.3) is 11.8 Å². The Morgan fingerprint density at radius 3 is 2.94 bits per heavy atom. The summed E-state index contributed by atoms with van der Waals surface area (Å²) < 4.78 is 0. The molecule has 3 aromatic rings. The monoisotopic (exact) mass is 493 g/mol. The molecule has 1 atom stereocenters. The summed E-state index contributed by atoms with van der Waals surface area (Å²) in [6, 6.07) is 14.9. The number of hydrogen-bond acceptors (Lipinski definition) is 6. The minimum atomic E-state index is -0.243. The van der Waals surface area contributed by atoms with Crippen LogP contribution in [0.1, 0.15) is 37.0 Å². The lowest BCUT2D eigenvalue weighted by molar-refractivity contribution is 0.0950. The van der Waals surface area contributed by atoms with E-state index in [4.69, 9.17) is 5.26 Å². The van der Waals surface area contributed by atoms with Gasteiger partial charge < -0.3 is 15.5 Å². The maximum absolute atomic E-state index is 13.0. The van der Waals surface area contributed by atoms with Crippen LogP contribution in [0.3, 0.4) is 0 Å². The number of hydrogen-bond donors (Lipinski definition) is 2. The van der Waals surface area contributed by atoms with Gasteiger partial charge in [-0.3, -0.25) is 9.59 Å². The van der Waals surface area contributed by atoms with Crippen LogP contribution in [-0.2, 0) is 6.54 Å². The largest absolute Gasteiger partial charge is 0.347 e. The molecule has 5 rings (SSSR count). The van der Waals surface area contributed by atoms with Gasteiger partial charge in [0.05, 0.1) is 41.2 Å². The van der Waals surface area contributed by atoms with E-state index in [0.717, 1.165) is 26.8 Å². The van der Waals surface area contributed by atoms with E-state index in [9.17, 15) is 9.59 Å². The highest BCUT2D eigenvalue weighted by Crippen LogP contribution is 2.38. The Morgan fingerprint density at radius 2 is 2.17 bits per heavy atom. The van der Waals surface area contributed by atoms with Gasteiger partial charge in [-0.2, -0.15) is 5.26 Å². The number of rotatable bonds is 6. The molecule has 8 heteroatoms. The molecular weight excluding hydrogens is 470 g/mol. The number of nitrogens with one attached hydrogen (secondary N) is 2. The highest BCUT2D eigenvalue weighted by Gasteiger charge is 2.25. The van der Waals surface area contributed by atoms with Gasteiger partial charge in [0.15, 0.2) is 0 Å². The third-order valence-corrected chi connectivity index (χ3v) is 7.08. The summed E-state index contributed by atoms with van der Waals surface area (Å²) in [6.07, 6.45) is 10.1. The van der Waals surface area contributed by atoms with Crippen molar-refractivity contribution in [2.45, 2.75) is 13.0 Å². The van der Waals surface area contributed by atoms with Crippen molar-refractivity contribution in [3.8, 4) is 6.07 Å². The van der Waals surface area contributed by atoms with Crippen molar-refractivity contribution in [1.29, 1.82) is 5.26 Å². The summed E-state index contributed by atoms with van der Waals surface area (Å²) in [4.78, 5) is 33.2. The van der Waals surface area contributed by atoms with Gasteiger partial charge in [-0.1, -0.05) is 36.4 Å². The second-order valence-corrected chi connectivity index (χ2v) is 9.52. The maximum atomic E-state index is 13.0. The Kier molecular flexibility index (Phi) is 6.48. The molecule has 2 N–H and O–H groups in total. The van der Waals surface area contributed by atoms with E-state index in [1.807, 2.05) is 47.4 Å². The summed E-state index contributed by atoms with van der Waals surface area (Å²) >= 11 is 1.51. The van der Waals surface area contributed by atoms with Crippen molar-refractivity contribution < 1.29 is 9.59 Å². The first-order chi connectivity index (χ1) is 17.6. The molecule has 0 saturated heterocycles. The Hall–Kier alpha value is -4.48. The zero-order valence-corrected chi connectivity index (χ0v) is 20.2. The van der Waals surface area contributed by atoms with E-state index in [0.29, 0.717) is 36.3 Å². The van der Waals surface area contributed by atoms with E-state index in [-0.39, 0.29) is 17.7 Å². The van der Waals surface area contributed by atoms with Gasteiger partial charge in [0.1, 0.15) is 5.01 Å². The Labute approximate surface area is 213 Å². The fraction of sp³-hybridized carbons (Fsp3) is 0.143.